The highest BCUT2D eigenvalue weighted by atomic mass is 16.5. The van der Waals surface area contributed by atoms with Crippen molar-refractivity contribution in [3.63, 3.8) is 0 Å². The second-order valence-corrected chi connectivity index (χ2v) is 4.88. The Morgan fingerprint density at radius 3 is 2.70 bits per heavy atom. The van der Waals surface area contributed by atoms with Crippen molar-refractivity contribution in [2.24, 2.45) is 0 Å². The van der Waals surface area contributed by atoms with Crippen LogP contribution in [0.5, 0.6) is 5.75 Å². The van der Waals surface area contributed by atoms with Crippen LogP contribution in [-0.2, 0) is 0 Å². The highest BCUT2D eigenvalue weighted by Gasteiger charge is 2.24. The van der Waals surface area contributed by atoms with E-state index in [4.69, 9.17) is 4.74 Å². The zero-order chi connectivity index (χ0) is 14.5. The van der Waals surface area contributed by atoms with Crippen LogP contribution in [0.25, 0.3) is 0 Å². The zero-order valence-electron chi connectivity index (χ0n) is 12.5. The quantitative estimate of drug-likeness (QED) is 0.879. The van der Waals surface area contributed by atoms with E-state index in [9.17, 15) is 0 Å². The van der Waals surface area contributed by atoms with Crippen LogP contribution in [0.4, 0.5) is 0 Å². The first kappa shape index (κ1) is 14.5. The van der Waals surface area contributed by atoms with Crippen molar-refractivity contribution in [1.82, 2.24) is 20.1 Å². The van der Waals surface area contributed by atoms with E-state index in [0.717, 1.165) is 23.7 Å². The Bertz CT molecular complexity index is 536. The minimum absolute atomic E-state index is 0.0268. The lowest BCUT2D eigenvalue weighted by atomic mass is 10.1. The summed E-state index contributed by atoms with van der Waals surface area (Å²) in [5.74, 6) is 0.787. The molecular weight excluding hydrogens is 252 g/mol. The summed E-state index contributed by atoms with van der Waals surface area (Å²) < 4.78 is 7.46. The van der Waals surface area contributed by atoms with Crippen molar-refractivity contribution < 1.29 is 4.74 Å². The maximum absolute atomic E-state index is 5.47. The molecule has 5 nitrogen and oxygen atoms in total. The van der Waals surface area contributed by atoms with Gasteiger partial charge in [-0.3, -0.25) is 9.67 Å². The van der Waals surface area contributed by atoms with E-state index in [1.807, 2.05) is 29.1 Å². The predicted molar refractivity (Wildman–Crippen MR) is 78.9 cm³/mol. The molecule has 0 aromatic carbocycles. The van der Waals surface area contributed by atoms with E-state index in [1.54, 1.807) is 13.3 Å². The molecule has 0 saturated carbocycles. The van der Waals surface area contributed by atoms with Crippen molar-refractivity contribution >= 4 is 0 Å². The Kier molecular flexibility index (Phi) is 4.74. The van der Waals surface area contributed by atoms with Crippen LogP contribution in [0.3, 0.4) is 0 Å². The standard InChI is InChI=1S/C15H22N4O/c1-5-16-14(12-8-6-7-9-17-12)15-13(20-4)10-18-19(15)11(2)3/h6-11,14,16H,5H2,1-4H3. The zero-order valence-corrected chi connectivity index (χ0v) is 12.5. The molecule has 20 heavy (non-hydrogen) atoms. The minimum Gasteiger partial charge on any atom is -0.493 e. The number of rotatable bonds is 6. The van der Waals surface area contributed by atoms with Gasteiger partial charge in [-0.1, -0.05) is 13.0 Å². The van der Waals surface area contributed by atoms with Crippen LogP contribution in [0.2, 0.25) is 0 Å². The third-order valence-corrected chi connectivity index (χ3v) is 3.17. The van der Waals surface area contributed by atoms with Gasteiger partial charge in [0.05, 0.1) is 25.0 Å². The Morgan fingerprint density at radius 2 is 2.15 bits per heavy atom. The number of hydrogen-bond donors (Lipinski definition) is 1. The molecule has 2 aromatic heterocycles. The minimum atomic E-state index is -0.0268. The summed E-state index contributed by atoms with van der Waals surface area (Å²) in [6, 6.07) is 6.17. The van der Waals surface area contributed by atoms with Gasteiger partial charge in [-0.25, -0.2) is 0 Å². The molecule has 2 heterocycles. The summed E-state index contributed by atoms with van der Waals surface area (Å²) in [5, 5.41) is 7.91. The summed E-state index contributed by atoms with van der Waals surface area (Å²) in [5.41, 5.74) is 1.98. The van der Waals surface area contributed by atoms with Gasteiger partial charge in [0.1, 0.15) is 5.69 Å². The fourth-order valence-electron chi connectivity index (χ4n) is 2.29. The normalized spacial score (nSPS) is 12.7. The number of ether oxygens (including phenoxy) is 1. The predicted octanol–water partition coefficient (Wildman–Crippen LogP) is 2.57. The molecule has 0 saturated heterocycles. The summed E-state index contributed by atoms with van der Waals surface area (Å²) in [6.45, 7) is 7.14. The molecule has 0 aliphatic carbocycles. The van der Waals surface area contributed by atoms with Gasteiger partial charge in [0, 0.05) is 12.2 Å². The molecule has 5 heteroatoms. The third kappa shape index (κ3) is 2.82. The average Bonchev–Trinajstić information content (AvgIpc) is 2.89. The van der Waals surface area contributed by atoms with Crippen LogP contribution in [0, 0.1) is 0 Å². The van der Waals surface area contributed by atoms with Gasteiger partial charge in [-0.15, -0.1) is 0 Å². The average molecular weight is 274 g/mol. The molecule has 108 valence electrons. The Labute approximate surface area is 120 Å². The Morgan fingerprint density at radius 1 is 1.35 bits per heavy atom. The van der Waals surface area contributed by atoms with E-state index >= 15 is 0 Å². The lowest BCUT2D eigenvalue weighted by molar-refractivity contribution is 0.393. The van der Waals surface area contributed by atoms with Crippen molar-refractivity contribution in [1.29, 1.82) is 0 Å². The monoisotopic (exact) mass is 274 g/mol. The molecule has 0 aliphatic rings. The molecular formula is C15H22N4O. The maximum atomic E-state index is 5.47. The van der Waals surface area contributed by atoms with Crippen LogP contribution in [0.15, 0.2) is 30.6 Å². The molecule has 0 radical (unpaired) electrons. The van der Waals surface area contributed by atoms with Crippen molar-refractivity contribution in [2.75, 3.05) is 13.7 Å². The SMILES string of the molecule is CCNC(c1ccccn1)c1c(OC)cnn1C(C)C. The van der Waals surface area contributed by atoms with E-state index in [0.29, 0.717) is 0 Å². The first-order valence-electron chi connectivity index (χ1n) is 6.94. The fraction of sp³-hybridized carbons (Fsp3) is 0.467. The Balaban J connectivity index is 2.51. The van der Waals surface area contributed by atoms with Gasteiger partial charge in [0.25, 0.3) is 0 Å². The summed E-state index contributed by atoms with van der Waals surface area (Å²) >= 11 is 0. The number of nitrogens with one attached hydrogen (secondary N) is 1. The van der Waals surface area contributed by atoms with Crippen molar-refractivity contribution in [3.05, 3.63) is 42.0 Å². The third-order valence-electron chi connectivity index (χ3n) is 3.17. The van der Waals surface area contributed by atoms with E-state index < -0.39 is 0 Å². The fourth-order valence-corrected chi connectivity index (χ4v) is 2.29. The number of nitrogens with zero attached hydrogens (tertiary/aromatic N) is 3. The van der Waals surface area contributed by atoms with Gasteiger partial charge >= 0.3 is 0 Å². The van der Waals surface area contributed by atoms with Gasteiger partial charge in [-0.05, 0) is 32.5 Å². The van der Waals surface area contributed by atoms with Gasteiger partial charge in [0.2, 0.25) is 0 Å². The highest BCUT2D eigenvalue weighted by molar-refractivity contribution is 5.34. The molecule has 2 rings (SSSR count). The first-order valence-corrected chi connectivity index (χ1v) is 6.94. The van der Waals surface area contributed by atoms with Gasteiger partial charge in [-0.2, -0.15) is 5.10 Å². The second-order valence-electron chi connectivity index (χ2n) is 4.88. The Hall–Kier alpha value is -1.88. The molecule has 1 N–H and O–H groups in total. The number of hydrogen-bond acceptors (Lipinski definition) is 4. The molecule has 0 aliphatic heterocycles. The van der Waals surface area contributed by atoms with Crippen molar-refractivity contribution in [2.45, 2.75) is 32.9 Å². The molecule has 0 bridgehead atoms. The second kappa shape index (κ2) is 6.52. The largest absolute Gasteiger partial charge is 0.493 e. The summed E-state index contributed by atoms with van der Waals surface area (Å²) in [4.78, 5) is 4.47. The van der Waals surface area contributed by atoms with Crippen LogP contribution < -0.4 is 10.1 Å². The topological polar surface area (TPSA) is 52.0 Å². The van der Waals surface area contributed by atoms with E-state index in [2.05, 4.69) is 36.2 Å². The molecule has 0 fully saturated rings. The van der Waals surface area contributed by atoms with E-state index in [-0.39, 0.29) is 12.1 Å². The summed E-state index contributed by atoms with van der Waals surface area (Å²) in [7, 11) is 1.67. The molecule has 2 aromatic rings. The molecule has 0 amide bonds. The smallest absolute Gasteiger partial charge is 0.162 e. The summed E-state index contributed by atoms with van der Waals surface area (Å²) in [6.07, 6.45) is 3.57. The lowest BCUT2D eigenvalue weighted by Gasteiger charge is -2.21. The van der Waals surface area contributed by atoms with Crippen LogP contribution >= 0.6 is 0 Å². The first-order chi connectivity index (χ1) is 9.69. The van der Waals surface area contributed by atoms with Crippen LogP contribution in [-0.4, -0.2) is 28.4 Å². The van der Waals surface area contributed by atoms with Crippen LogP contribution in [0.1, 0.15) is 44.2 Å². The number of aromatic nitrogens is 3. The van der Waals surface area contributed by atoms with Gasteiger partial charge in [0.15, 0.2) is 5.75 Å². The maximum Gasteiger partial charge on any atom is 0.162 e. The van der Waals surface area contributed by atoms with Crippen molar-refractivity contribution in [3.8, 4) is 5.75 Å². The lowest BCUT2D eigenvalue weighted by Crippen LogP contribution is -2.26. The van der Waals surface area contributed by atoms with Gasteiger partial charge < -0.3 is 10.1 Å². The number of methoxy groups -OCH3 is 1. The molecule has 0 spiro atoms. The molecule has 1 unspecified atom stereocenters. The van der Waals surface area contributed by atoms with E-state index in [1.165, 1.54) is 0 Å². The molecule has 1 atom stereocenters. The highest BCUT2D eigenvalue weighted by Crippen LogP contribution is 2.30. The number of pyridine rings is 1.